The van der Waals surface area contributed by atoms with Crippen molar-refractivity contribution in [2.24, 2.45) is 0 Å². The van der Waals surface area contributed by atoms with Crippen LogP contribution in [0.25, 0.3) is 11.5 Å². The lowest BCUT2D eigenvalue weighted by molar-refractivity contribution is -0.384. The molecule has 0 saturated carbocycles. The number of nitro benzene ring substituents is 1. The van der Waals surface area contributed by atoms with E-state index in [2.05, 4.69) is 10.2 Å². The van der Waals surface area contributed by atoms with Gasteiger partial charge in [0.1, 0.15) is 5.56 Å². The Balaban J connectivity index is 0.00000242. The van der Waals surface area contributed by atoms with Crippen LogP contribution in [0.1, 0.15) is 27.1 Å². The van der Waals surface area contributed by atoms with Gasteiger partial charge in [-0.15, -0.1) is 10.2 Å². The Morgan fingerprint density at radius 2 is 1.86 bits per heavy atom. The Morgan fingerprint density at radius 1 is 1.24 bits per heavy atom. The molecule has 8 nitrogen and oxygen atoms in total. The average Bonchev–Trinajstić information content (AvgIpc) is 2.95. The number of ether oxygens (including phenoxy) is 2. The van der Waals surface area contributed by atoms with Crippen LogP contribution in [0.5, 0.6) is 11.5 Å². The van der Waals surface area contributed by atoms with Crippen molar-refractivity contribution in [1.29, 1.82) is 0 Å². The van der Waals surface area contributed by atoms with Crippen molar-refractivity contribution in [1.82, 2.24) is 10.2 Å². The molecule has 1 aromatic carbocycles. The molecular formula is C13H17N3O5. The molecule has 0 bridgehead atoms. The molecule has 0 saturated heterocycles. The van der Waals surface area contributed by atoms with Gasteiger partial charge in [0.2, 0.25) is 5.89 Å². The molecule has 1 aromatic heterocycles. The van der Waals surface area contributed by atoms with E-state index in [9.17, 15) is 10.1 Å². The van der Waals surface area contributed by atoms with Crippen LogP contribution in [0, 0.1) is 10.1 Å². The topological polar surface area (TPSA) is 101 Å². The molecule has 0 aliphatic heterocycles. The van der Waals surface area contributed by atoms with Gasteiger partial charge in [-0.3, -0.25) is 10.1 Å². The standard InChI is InChI=1S/C13H15N3O5.H2/c1-7(2)12-14-15-13(21-12)8-5-10(19-3)11(20-4)6-9(8)16(17)18;/h5-7H,1-4H3;1H. The first-order chi connectivity index (χ1) is 9.97. The van der Waals surface area contributed by atoms with Crippen molar-refractivity contribution < 1.29 is 20.2 Å². The Kier molecular flexibility index (Phi) is 4.06. The van der Waals surface area contributed by atoms with Crippen LogP contribution < -0.4 is 9.47 Å². The molecule has 0 spiro atoms. The maximum atomic E-state index is 11.2. The van der Waals surface area contributed by atoms with Crippen LogP contribution in [0.2, 0.25) is 0 Å². The van der Waals surface area contributed by atoms with Crippen molar-refractivity contribution in [2.45, 2.75) is 19.8 Å². The highest BCUT2D eigenvalue weighted by Crippen LogP contribution is 2.39. The molecule has 0 atom stereocenters. The van der Waals surface area contributed by atoms with Gasteiger partial charge in [0.15, 0.2) is 11.5 Å². The van der Waals surface area contributed by atoms with Crippen LogP contribution >= 0.6 is 0 Å². The molecule has 0 fully saturated rings. The zero-order valence-electron chi connectivity index (χ0n) is 12.1. The van der Waals surface area contributed by atoms with Crippen LogP contribution in [-0.2, 0) is 0 Å². The first-order valence-electron chi connectivity index (χ1n) is 6.22. The van der Waals surface area contributed by atoms with Gasteiger partial charge in [0.25, 0.3) is 11.6 Å². The highest BCUT2D eigenvalue weighted by Gasteiger charge is 2.25. The van der Waals surface area contributed by atoms with Gasteiger partial charge in [-0.1, -0.05) is 13.8 Å². The number of nitrogens with zero attached hydrogens (tertiary/aromatic N) is 3. The van der Waals surface area contributed by atoms with E-state index in [0.717, 1.165) is 0 Å². The van der Waals surface area contributed by atoms with Gasteiger partial charge in [0.05, 0.1) is 25.2 Å². The third kappa shape index (κ3) is 2.78. The predicted octanol–water partition coefficient (Wildman–Crippen LogP) is 3.03. The third-order valence-corrected chi connectivity index (χ3v) is 2.86. The van der Waals surface area contributed by atoms with E-state index in [1.54, 1.807) is 0 Å². The minimum absolute atomic E-state index is 0. The largest absolute Gasteiger partial charge is 0.493 e. The second kappa shape index (κ2) is 5.78. The highest BCUT2D eigenvalue weighted by molar-refractivity contribution is 5.71. The summed E-state index contributed by atoms with van der Waals surface area (Å²) in [4.78, 5) is 10.7. The average molecular weight is 295 g/mol. The first-order valence-corrected chi connectivity index (χ1v) is 6.22. The van der Waals surface area contributed by atoms with Gasteiger partial charge in [-0.05, 0) is 0 Å². The van der Waals surface area contributed by atoms with E-state index in [1.165, 1.54) is 26.4 Å². The minimum atomic E-state index is -0.531. The van der Waals surface area contributed by atoms with Gasteiger partial charge in [0, 0.05) is 13.4 Å². The van der Waals surface area contributed by atoms with Crippen molar-refractivity contribution in [3.8, 4) is 23.0 Å². The van der Waals surface area contributed by atoms with Crippen LogP contribution in [0.4, 0.5) is 5.69 Å². The predicted molar refractivity (Wildman–Crippen MR) is 75.7 cm³/mol. The SMILES string of the molecule is COc1cc(-c2nnc(C(C)C)o2)c([N+](=O)[O-])cc1OC.[HH]. The minimum Gasteiger partial charge on any atom is -0.493 e. The fourth-order valence-corrected chi connectivity index (χ4v) is 1.77. The molecular weight excluding hydrogens is 278 g/mol. The summed E-state index contributed by atoms with van der Waals surface area (Å²) in [6.45, 7) is 3.78. The number of methoxy groups -OCH3 is 2. The first kappa shape index (κ1) is 14.8. The summed E-state index contributed by atoms with van der Waals surface area (Å²) in [5, 5.41) is 19.0. The highest BCUT2D eigenvalue weighted by atomic mass is 16.6. The molecule has 0 N–H and O–H groups in total. The van der Waals surface area contributed by atoms with E-state index in [-0.39, 0.29) is 30.2 Å². The number of aromatic nitrogens is 2. The molecule has 21 heavy (non-hydrogen) atoms. The van der Waals surface area contributed by atoms with Crippen molar-refractivity contribution >= 4 is 5.69 Å². The fraction of sp³-hybridized carbons (Fsp3) is 0.385. The van der Waals surface area contributed by atoms with E-state index < -0.39 is 4.92 Å². The molecule has 114 valence electrons. The Hall–Kier alpha value is -2.64. The summed E-state index contributed by atoms with van der Waals surface area (Å²) < 4.78 is 15.7. The monoisotopic (exact) mass is 295 g/mol. The maximum absolute atomic E-state index is 11.2. The summed E-state index contributed by atoms with van der Waals surface area (Å²) in [5.41, 5.74) is 0.00339. The van der Waals surface area contributed by atoms with E-state index >= 15 is 0 Å². The van der Waals surface area contributed by atoms with Crippen LogP contribution in [0.15, 0.2) is 16.5 Å². The maximum Gasteiger partial charge on any atom is 0.286 e. The number of hydrogen-bond acceptors (Lipinski definition) is 7. The lowest BCUT2D eigenvalue weighted by atomic mass is 10.1. The number of hydrogen-bond donors (Lipinski definition) is 0. The normalized spacial score (nSPS) is 10.7. The molecule has 0 unspecified atom stereocenters. The molecule has 0 aliphatic rings. The molecule has 8 heteroatoms. The number of benzene rings is 1. The van der Waals surface area contributed by atoms with Gasteiger partial charge in [-0.2, -0.15) is 0 Å². The summed E-state index contributed by atoms with van der Waals surface area (Å²) in [6, 6.07) is 2.72. The van der Waals surface area contributed by atoms with Crippen molar-refractivity contribution in [3.63, 3.8) is 0 Å². The van der Waals surface area contributed by atoms with Gasteiger partial charge < -0.3 is 13.9 Å². The zero-order chi connectivity index (χ0) is 15.6. The smallest absolute Gasteiger partial charge is 0.286 e. The Labute approximate surface area is 122 Å². The Bertz CT molecular complexity index is 672. The van der Waals surface area contributed by atoms with Gasteiger partial charge >= 0.3 is 0 Å². The zero-order valence-corrected chi connectivity index (χ0v) is 12.1. The molecule has 2 rings (SSSR count). The number of rotatable bonds is 5. The van der Waals surface area contributed by atoms with Crippen molar-refractivity contribution in [2.75, 3.05) is 14.2 Å². The molecule has 0 amide bonds. The molecule has 0 aliphatic carbocycles. The summed E-state index contributed by atoms with van der Waals surface area (Å²) in [5.74, 6) is 1.13. The summed E-state index contributed by atoms with van der Waals surface area (Å²) >= 11 is 0. The van der Waals surface area contributed by atoms with Crippen LogP contribution in [-0.4, -0.2) is 29.3 Å². The quantitative estimate of drug-likeness (QED) is 0.617. The van der Waals surface area contributed by atoms with E-state index in [1.807, 2.05) is 13.8 Å². The Morgan fingerprint density at radius 3 is 2.33 bits per heavy atom. The summed E-state index contributed by atoms with van der Waals surface area (Å²) in [7, 11) is 2.85. The van der Waals surface area contributed by atoms with Crippen LogP contribution in [0.3, 0.4) is 0 Å². The second-order valence-corrected chi connectivity index (χ2v) is 4.58. The van der Waals surface area contributed by atoms with Gasteiger partial charge in [-0.25, -0.2) is 0 Å². The fourth-order valence-electron chi connectivity index (χ4n) is 1.77. The van der Waals surface area contributed by atoms with E-state index in [4.69, 9.17) is 13.9 Å². The van der Waals surface area contributed by atoms with E-state index in [0.29, 0.717) is 11.6 Å². The lowest BCUT2D eigenvalue weighted by Gasteiger charge is -2.08. The summed E-state index contributed by atoms with van der Waals surface area (Å²) in [6.07, 6.45) is 0. The molecule has 2 aromatic rings. The number of nitro groups is 1. The second-order valence-electron chi connectivity index (χ2n) is 4.58. The third-order valence-electron chi connectivity index (χ3n) is 2.86. The lowest BCUT2D eigenvalue weighted by Crippen LogP contribution is -1.97. The molecule has 1 heterocycles. The van der Waals surface area contributed by atoms with Crippen molar-refractivity contribution in [3.05, 3.63) is 28.1 Å². The molecule has 0 radical (unpaired) electrons.